The van der Waals surface area contributed by atoms with Crippen LogP contribution >= 0.6 is 0 Å². The fourth-order valence-electron chi connectivity index (χ4n) is 3.38. The second-order valence-corrected chi connectivity index (χ2v) is 13.3. The minimum absolute atomic E-state index is 0.0124. The first-order valence-electron chi connectivity index (χ1n) is 8.64. The molecular formula is C17H34O4Si. The van der Waals surface area contributed by atoms with Gasteiger partial charge in [-0.25, -0.2) is 0 Å². The SMILES string of the molecule is C[C@@H]1[C@@H](O[Si](C)(C)C(C)(C)C)[C@H](CO)O[C@@]2(CCCO2)[C@H]1C. The van der Waals surface area contributed by atoms with Gasteiger partial charge in [-0.05, 0) is 30.5 Å². The van der Waals surface area contributed by atoms with Crippen LogP contribution in [-0.4, -0.2) is 44.6 Å². The molecule has 22 heavy (non-hydrogen) atoms. The van der Waals surface area contributed by atoms with E-state index < -0.39 is 14.1 Å². The maximum Gasteiger partial charge on any atom is 0.192 e. The Balaban J connectivity index is 2.21. The molecule has 2 aliphatic rings. The van der Waals surface area contributed by atoms with Gasteiger partial charge in [0.05, 0.1) is 19.3 Å². The van der Waals surface area contributed by atoms with Crippen molar-refractivity contribution >= 4 is 8.32 Å². The van der Waals surface area contributed by atoms with Gasteiger partial charge in [0.1, 0.15) is 6.10 Å². The molecule has 0 aliphatic carbocycles. The Bertz CT molecular complexity index is 383. The van der Waals surface area contributed by atoms with E-state index in [0.717, 1.165) is 19.4 Å². The van der Waals surface area contributed by atoms with E-state index in [1.54, 1.807) is 0 Å². The lowest BCUT2D eigenvalue weighted by Gasteiger charge is -2.52. The Morgan fingerprint density at radius 2 is 1.91 bits per heavy atom. The molecule has 5 heteroatoms. The van der Waals surface area contributed by atoms with Gasteiger partial charge in [-0.3, -0.25) is 0 Å². The summed E-state index contributed by atoms with van der Waals surface area (Å²) in [5.74, 6) is 0.0609. The molecule has 1 N–H and O–H groups in total. The highest BCUT2D eigenvalue weighted by atomic mass is 28.4. The zero-order valence-electron chi connectivity index (χ0n) is 15.3. The first-order valence-corrected chi connectivity index (χ1v) is 11.6. The summed E-state index contributed by atoms with van der Waals surface area (Å²) in [5.41, 5.74) is 0. The van der Waals surface area contributed by atoms with E-state index in [1.165, 1.54) is 0 Å². The van der Waals surface area contributed by atoms with Gasteiger partial charge in [0.25, 0.3) is 0 Å². The molecule has 2 fully saturated rings. The predicted molar refractivity (Wildman–Crippen MR) is 90.3 cm³/mol. The summed E-state index contributed by atoms with van der Waals surface area (Å²) in [6, 6.07) is 0. The summed E-state index contributed by atoms with van der Waals surface area (Å²) >= 11 is 0. The molecular weight excluding hydrogens is 296 g/mol. The third-order valence-corrected chi connectivity index (χ3v) is 10.6. The van der Waals surface area contributed by atoms with E-state index in [-0.39, 0.29) is 29.8 Å². The van der Waals surface area contributed by atoms with Crippen molar-refractivity contribution < 1.29 is 19.0 Å². The fourth-order valence-corrected chi connectivity index (χ4v) is 4.78. The van der Waals surface area contributed by atoms with E-state index in [0.29, 0.717) is 5.92 Å². The average molecular weight is 331 g/mol. The molecule has 5 atom stereocenters. The maximum atomic E-state index is 9.86. The van der Waals surface area contributed by atoms with Gasteiger partial charge in [0.2, 0.25) is 0 Å². The smallest absolute Gasteiger partial charge is 0.192 e. The van der Waals surface area contributed by atoms with E-state index in [1.807, 2.05) is 0 Å². The van der Waals surface area contributed by atoms with E-state index >= 15 is 0 Å². The quantitative estimate of drug-likeness (QED) is 0.804. The van der Waals surface area contributed by atoms with Crippen LogP contribution in [0.2, 0.25) is 18.1 Å². The molecule has 0 saturated carbocycles. The van der Waals surface area contributed by atoms with E-state index in [4.69, 9.17) is 13.9 Å². The monoisotopic (exact) mass is 330 g/mol. The van der Waals surface area contributed by atoms with Gasteiger partial charge in [-0.2, -0.15) is 0 Å². The number of rotatable bonds is 3. The number of aliphatic hydroxyl groups excluding tert-OH is 1. The molecule has 2 rings (SSSR count). The van der Waals surface area contributed by atoms with Crippen LogP contribution < -0.4 is 0 Å². The molecule has 1 spiro atoms. The summed E-state index contributed by atoms with van der Waals surface area (Å²) in [6.07, 6.45) is 1.60. The second kappa shape index (κ2) is 6.17. The van der Waals surface area contributed by atoms with E-state index in [2.05, 4.69) is 47.7 Å². The lowest BCUT2D eigenvalue weighted by Crippen LogP contribution is -2.61. The lowest BCUT2D eigenvalue weighted by molar-refractivity contribution is -0.320. The van der Waals surface area contributed by atoms with Crippen molar-refractivity contribution in [1.82, 2.24) is 0 Å². The number of hydrogen-bond acceptors (Lipinski definition) is 4. The Morgan fingerprint density at radius 3 is 2.36 bits per heavy atom. The number of ether oxygens (including phenoxy) is 2. The molecule has 130 valence electrons. The largest absolute Gasteiger partial charge is 0.411 e. The van der Waals surface area contributed by atoms with Crippen LogP contribution in [0.1, 0.15) is 47.5 Å². The summed E-state index contributed by atoms with van der Waals surface area (Å²) in [5, 5.41) is 10.0. The molecule has 2 saturated heterocycles. The normalized spacial score (nSPS) is 40.4. The van der Waals surface area contributed by atoms with Crippen molar-refractivity contribution in [2.45, 2.75) is 83.6 Å². The maximum absolute atomic E-state index is 9.86. The first-order chi connectivity index (χ1) is 10.0. The minimum atomic E-state index is -1.90. The van der Waals surface area contributed by atoms with Crippen molar-refractivity contribution in [1.29, 1.82) is 0 Å². The molecule has 0 aromatic heterocycles. The van der Waals surface area contributed by atoms with Crippen LogP contribution in [0.3, 0.4) is 0 Å². The summed E-state index contributed by atoms with van der Waals surface area (Å²) in [6.45, 7) is 16.4. The average Bonchev–Trinajstić information content (AvgIpc) is 2.88. The van der Waals surface area contributed by atoms with Crippen LogP contribution in [0.5, 0.6) is 0 Å². The summed E-state index contributed by atoms with van der Waals surface area (Å²) in [4.78, 5) is 0. The summed E-state index contributed by atoms with van der Waals surface area (Å²) in [7, 11) is -1.90. The van der Waals surface area contributed by atoms with Crippen molar-refractivity contribution in [3.8, 4) is 0 Å². The molecule has 4 nitrogen and oxygen atoms in total. The Hall–Kier alpha value is 0.0569. The third-order valence-electron chi connectivity index (χ3n) is 6.15. The van der Waals surface area contributed by atoms with Crippen molar-refractivity contribution in [2.24, 2.45) is 11.8 Å². The van der Waals surface area contributed by atoms with Crippen molar-refractivity contribution in [3.63, 3.8) is 0 Å². The van der Waals surface area contributed by atoms with Crippen LogP contribution in [-0.2, 0) is 13.9 Å². The Morgan fingerprint density at radius 1 is 1.27 bits per heavy atom. The second-order valence-electron chi connectivity index (χ2n) is 8.59. The highest BCUT2D eigenvalue weighted by Crippen LogP contribution is 2.47. The van der Waals surface area contributed by atoms with Crippen LogP contribution in [0.4, 0.5) is 0 Å². The first kappa shape index (κ1) is 18.4. The lowest BCUT2D eigenvalue weighted by atomic mass is 9.78. The zero-order chi connectivity index (χ0) is 16.8. The highest BCUT2D eigenvalue weighted by Gasteiger charge is 2.55. The number of hydrogen-bond donors (Lipinski definition) is 1. The van der Waals surface area contributed by atoms with Crippen LogP contribution in [0.25, 0.3) is 0 Å². The van der Waals surface area contributed by atoms with E-state index in [9.17, 15) is 5.11 Å². The molecule has 0 aromatic rings. The number of aliphatic hydroxyl groups is 1. The van der Waals surface area contributed by atoms with Crippen LogP contribution in [0.15, 0.2) is 0 Å². The van der Waals surface area contributed by atoms with Crippen LogP contribution in [0, 0.1) is 11.8 Å². The van der Waals surface area contributed by atoms with Gasteiger partial charge in [-0.1, -0.05) is 34.6 Å². The molecule has 0 radical (unpaired) electrons. The predicted octanol–water partition coefficient (Wildman–Crippen LogP) is 3.55. The zero-order valence-corrected chi connectivity index (χ0v) is 16.3. The molecule has 0 bridgehead atoms. The topological polar surface area (TPSA) is 47.9 Å². The molecule has 0 aromatic carbocycles. The van der Waals surface area contributed by atoms with Gasteiger partial charge in [-0.15, -0.1) is 0 Å². The third kappa shape index (κ3) is 3.15. The molecule has 2 heterocycles. The Labute approximate surface area is 136 Å². The van der Waals surface area contributed by atoms with Crippen molar-refractivity contribution in [2.75, 3.05) is 13.2 Å². The molecule has 0 unspecified atom stereocenters. The van der Waals surface area contributed by atoms with Gasteiger partial charge in [0, 0.05) is 12.3 Å². The van der Waals surface area contributed by atoms with Crippen molar-refractivity contribution in [3.05, 3.63) is 0 Å². The molecule has 2 aliphatic heterocycles. The Kier molecular flexibility index (Phi) is 5.16. The van der Waals surface area contributed by atoms with Gasteiger partial charge in [0.15, 0.2) is 14.1 Å². The standard InChI is InChI=1S/C17H34O4Si/c1-12-13(2)17(9-8-10-19-17)20-14(11-18)15(12)21-22(6,7)16(3,4)5/h12-15,18H,8-11H2,1-7H3/t12-,13-,14-,15+,17-/m0/s1. The molecule has 0 amide bonds. The summed E-state index contributed by atoms with van der Waals surface area (Å²) < 4.78 is 18.9. The van der Waals surface area contributed by atoms with Gasteiger partial charge >= 0.3 is 0 Å². The van der Waals surface area contributed by atoms with Gasteiger partial charge < -0.3 is 19.0 Å². The minimum Gasteiger partial charge on any atom is -0.411 e. The fraction of sp³-hybridized carbons (Fsp3) is 1.00. The highest BCUT2D eigenvalue weighted by molar-refractivity contribution is 6.74.